The number of anilines is 1. The molecule has 0 atom stereocenters. The highest BCUT2D eigenvalue weighted by atomic mass is 32.2. The quantitative estimate of drug-likeness (QED) is 0.485. The molecular formula is C21H21N3O2S. The number of thioether (sulfide) groups is 1. The number of para-hydroxylation sites is 1. The van der Waals surface area contributed by atoms with Crippen molar-refractivity contribution in [3.05, 3.63) is 72.1 Å². The van der Waals surface area contributed by atoms with Crippen molar-refractivity contribution < 1.29 is 9.59 Å². The molecule has 6 heteroatoms. The summed E-state index contributed by atoms with van der Waals surface area (Å²) in [5, 5.41) is 3.56. The number of ketones is 1. The third-order valence-electron chi connectivity index (χ3n) is 4.13. The zero-order valence-corrected chi connectivity index (χ0v) is 16.1. The van der Waals surface area contributed by atoms with Gasteiger partial charge in [0.2, 0.25) is 5.91 Å². The van der Waals surface area contributed by atoms with Crippen molar-refractivity contribution in [2.45, 2.75) is 25.4 Å². The molecule has 3 aromatic rings. The van der Waals surface area contributed by atoms with E-state index in [0.29, 0.717) is 23.4 Å². The Hall–Kier alpha value is -2.86. The van der Waals surface area contributed by atoms with E-state index in [2.05, 4.69) is 10.3 Å². The van der Waals surface area contributed by atoms with Gasteiger partial charge in [0.1, 0.15) is 0 Å². The predicted molar refractivity (Wildman–Crippen MR) is 109 cm³/mol. The summed E-state index contributed by atoms with van der Waals surface area (Å²) in [5.74, 6) is 0.268. The van der Waals surface area contributed by atoms with Crippen molar-refractivity contribution >= 4 is 29.1 Å². The molecule has 0 aliphatic rings. The molecule has 0 unspecified atom stereocenters. The predicted octanol–water partition coefficient (Wildman–Crippen LogP) is 4.50. The summed E-state index contributed by atoms with van der Waals surface area (Å²) < 4.78 is 2.00. The molecule has 0 fully saturated rings. The summed E-state index contributed by atoms with van der Waals surface area (Å²) in [6.07, 6.45) is 4.07. The van der Waals surface area contributed by atoms with Crippen LogP contribution in [0, 0.1) is 6.92 Å². The van der Waals surface area contributed by atoms with Gasteiger partial charge in [-0.3, -0.25) is 14.2 Å². The van der Waals surface area contributed by atoms with Crippen molar-refractivity contribution in [2.24, 2.45) is 0 Å². The number of nitrogens with one attached hydrogen (secondary N) is 1. The SMILES string of the molecule is CCC(=O)Nc1ccc(C(=O)CSc2nccn2-c2ccccc2C)cc1. The average Bonchev–Trinajstić information content (AvgIpc) is 3.15. The highest BCUT2D eigenvalue weighted by Crippen LogP contribution is 2.23. The standard InChI is InChI=1S/C21H21N3O2S/c1-3-20(26)23-17-10-8-16(9-11-17)19(25)14-27-21-22-12-13-24(21)18-7-5-4-6-15(18)2/h4-13H,3,14H2,1-2H3,(H,23,26). The molecule has 0 radical (unpaired) electrons. The van der Waals surface area contributed by atoms with E-state index in [1.165, 1.54) is 11.8 Å². The van der Waals surface area contributed by atoms with Crippen molar-refractivity contribution in [1.82, 2.24) is 9.55 Å². The van der Waals surface area contributed by atoms with Crippen LogP contribution in [-0.4, -0.2) is 27.0 Å². The topological polar surface area (TPSA) is 64.0 Å². The number of amides is 1. The van der Waals surface area contributed by atoms with Gasteiger partial charge < -0.3 is 5.32 Å². The molecule has 138 valence electrons. The van der Waals surface area contributed by atoms with Gasteiger partial charge in [-0.1, -0.05) is 36.9 Å². The molecule has 1 amide bonds. The van der Waals surface area contributed by atoms with E-state index < -0.39 is 0 Å². The van der Waals surface area contributed by atoms with Crippen molar-refractivity contribution in [3.8, 4) is 5.69 Å². The lowest BCUT2D eigenvalue weighted by Crippen LogP contribution is -2.10. The second-order valence-corrected chi connectivity index (χ2v) is 7.00. The van der Waals surface area contributed by atoms with Gasteiger partial charge in [0.15, 0.2) is 10.9 Å². The van der Waals surface area contributed by atoms with Crippen molar-refractivity contribution in [2.75, 3.05) is 11.1 Å². The second-order valence-electron chi connectivity index (χ2n) is 6.06. The first-order valence-corrected chi connectivity index (χ1v) is 9.72. The summed E-state index contributed by atoms with van der Waals surface area (Å²) >= 11 is 1.41. The summed E-state index contributed by atoms with van der Waals surface area (Å²) in [7, 11) is 0. The zero-order valence-electron chi connectivity index (χ0n) is 15.3. The smallest absolute Gasteiger partial charge is 0.224 e. The Morgan fingerprint density at radius 1 is 1.11 bits per heavy atom. The maximum absolute atomic E-state index is 12.5. The Morgan fingerprint density at radius 3 is 2.56 bits per heavy atom. The fourth-order valence-electron chi connectivity index (χ4n) is 2.62. The minimum absolute atomic E-state index is 0.0210. The number of benzene rings is 2. The largest absolute Gasteiger partial charge is 0.326 e. The highest BCUT2D eigenvalue weighted by molar-refractivity contribution is 7.99. The van der Waals surface area contributed by atoms with Gasteiger partial charge >= 0.3 is 0 Å². The number of carbonyl (C=O) groups is 2. The van der Waals surface area contributed by atoms with Crippen LogP contribution >= 0.6 is 11.8 Å². The highest BCUT2D eigenvalue weighted by Gasteiger charge is 2.12. The van der Waals surface area contributed by atoms with E-state index in [4.69, 9.17) is 0 Å². The van der Waals surface area contributed by atoms with E-state index in [9.17, 15) is 9.59 Å². The number of aromatic nitrogens is 2. The van der Waals surface area contributed by atoms with Gasteiger partial charge in [-0.2, -0.15) is 0 Å². The Labute approximate surface area is 162 Å². The molecule has 1 aromatic heterocycles. The van der Waals surface area contributed by atoms with Gasteiger partial charge in [0.25, 0.3) is 0 Å². The molecular weight excluding hydrogens is 358 g/mol. The van der Waals surface area contributed by atoms with Crippen molar-refractivity contribution in [3.63, 3.8) is 0 Å². The molecule has 0 spiro atoms. The van der Waals surface area contributed by atoms with Crippen LogP contribution in [0.4, 0.5) is 5.69 Å². The minimum atomic E-state index is -0.0485. The number of carbonyl (C=O) groups excluding carboxylic acids is 2. The minimum Gasteiger partial charge on any atom is -0.326 e. The Kier molecular flexibility index (Phi) is 6.08. The molecule has 1 N–H and O–H groups in total. The van der Waals surface area contributed by atoms with Crippen LogP contribution in [0.25, 0.3) is 5.69 Å². The molecule has 3 rings (SSSR count). The van der Waals surface area contributed by atoms with Gasteiger partial charge in [0.05, 0.1) is 11.4 Å². The van der Waals surface area contributed by atoms with Gasteiger partial charge in [-0.25, -0.2) is 4.98 Å². The van der Waals surface area contributed by atoms with E-state index in [1.54, 1.807) is 37.4 Å². The van der Waals surface area contributed by atoms with Crippen LogP contribution in [0.2, 0.25) is 0 Å². The van der Waals surface area contributed by atoms with Crippen LogP contribution < -0.4 is 5.32 Å². The van der Waals surface area contributed by atoms with Gasteiger partial charge in [-0.05, 0) is 42.8 Å². The third-order valence-corrected chi connectivity index (χ3v) is 5.09. The zero-order chi connectivity index (χ0) is 19.2. The number of rotatable bonds is 7. The Balaban J connectivity index is 1.66. The number of nitrogens with zero attached hydrogens (tertiary/aromatic N) is 2. The molecule has 0 aliphatic carbocycles. The lowest BCUT2D eigenvalue weighted by Gasteiger charge is -2.10. The summed E-state index contributed by atoms with van der Waals surface area (Å²) in [4.78, 5) is 28.3. The van der Waals surface area contributed by atoms with E-state index in [0.717, 1.165) is 16.4 Å². The third kappa shape index (κ3) is 4.65. The second kappa shape index (κ2) is 8.68. The van der Waals surface area contributed by atoms with Crippen molar-refractivity contribution in [1.29, 1.82) is 0 Å². The van der Waals surface area contributed by atoms with Crippen LogP contribution in [0.3, 0.4) is 0 Å². The first kappa shape index (κ1) is 18.9. The number of Topliss-reactive ketones (excluding diaryl/α,β-unsaturated/α-hetero) is 1. The number of hydrogen-bond donors (Lipinski definition) is 1. The van der Waals surface area contributed by atoms with Gasteiger partial charge in [0, 0.05) is 30.1 Å². The molecule has 0 aliphatic heterocycles. The molecule has 0 saturated heterocycles. The van der Waals surface area contributed by atoms with Crippen LogP contribution in [0.15, 0.2) is 66.1 Å². The van der Waals surface area contributed by atoms with Crippen LogP contribution in [-0.2, 0) is 4.79 Å². The normalized spacial score (nSPS) is 10.6. The summed E-state index contributed by atoms with van der Waals surface area (Å²) in [6.45, 7) is 3.85. The number of imidazole rings is 1. The molecule has 1 heterocycles. The average molecular weight is 379 g/mol. The maximum atomic E-state index is 12.5. The lowest BCUT2D eigenvalue weighted by atomic mass is 10.1. The molecule has 5 nitrogen and oxygen atoms in total. The van der Waals surface area contributed by atoms with E-state index in [-0.39, 0.29) is 11.7 Å². The number of aryl methyl sites for hydroxylation is 1. The Morgan fingerprint density at radius 2 is 1.85 bits per heavy atom. The van der Waals surface area contributed by atoms with Gasteiger partial charge in [-0.15, -0.1) is 0 Å². The molecule has 2 aromatic carbocycles. The summed E-state index contributed by atoms with van der Waals surface area (Å²) in [6, 6.07) is 15.0. The Bertz CT molecular complexity index is 948. The van der Waals surface area contributed by atoms with Crippen LogP contribution in [0.1, 0.15) is 29.3 Å². The van der Waals surface area contributed by atoms with E-state index >= 15 is 0 Å². The lowest BCUT2D eigenvalue weighted by molar-refractivity contribution is -0.115. The summed E-state index contributed by atoms with van der Waals surface area (Å²) in [5.41, 5.74) is 3.52. The first-order valence-electron chi connectivity index (χ1n) is 8.73. The van der Waals surface area contributed by atoms with E-state index in [1.807, 2.05) is 42.0 Å². The molecule has 0 saturated carbocycles. The fraction of sp³-hybridized carbons (Fsp3) is 0.190. The first-order chi connectivity index (χ1) is 13.1. The fourth-order valence-corrected chi connectivity index (χ4v) is 3.48. The van der Waals surface area contributed by atoms with Crippen LogP contribution in [0.5, 0.6) is 0 Å². The monoisotopic (exact) mass is 379 g/mol. The molecule has 0 bridgehead atoms. The molecule has 27 heavy (non-hydrogen) atoms. The maximum Gasteiger partial charge on any atom is 0.224 e. The number of hydrogen-bond acceptors (Lipinski definition) is 4.